The van der Waals surface area contributed by atoms with Gasteiger partial charge in [-0.1, -0.05) is 6.07 Å². The van der Waals surface area contributed by atoms with Crippen molar-refractivity contribution in [1.82, 2.24) is 14.9 Å². The summed E-state index contributed by atoms with van der Waals surface area (Å²) in [7, 11) is 0. The van der Waals surface area contributed by atoms with Crippen molar-refractivity contribution in [3.8, 4) is 0 Å². The molecule has 5 heterocycles. The van der Waals surface area contributed by atoms with E-state index in [9.17, 15) is 4.79 Å². The van der Waals surface area contributed by atoms with E-state index in [2.05, 4.69) is 9.80 Å². The highest BCUT2D eigenvalue weighted by atomic mass is 32.1. The molecule has 0 saturated carbocycles. The van der Waals surface area contributed by atoms with Crippen LogP contribution in [-0.4, -0.2) is 66.7 Å². The maximum absolute atomic E-state index is 12.9. The van der Waals surface area contributed by atoms with Crippen LogP contribution in [0.3, 0.4) is 0 Å². The van der Waals surface area contributed by atoms with Crippen LogP contribution in [0.15, 0.2) is 17.5 Å². The average molecular weight is 414 g/mol. The molecule has 0 aliphatic carbocycles. The Labute approximate surface area is 175 Å². The number of rotatable bonds is 4. The Balaban J connectivity index is 1.43. The fraction of sp³-hybridized carbons (Fsp3) is 0.571. The molecule has 2 aromatic rings. The number of thiophene rings is 1. The van der Waals surface area contributed by atoms with Gasteiger partial charge in [-0.25, -0.2) is 4.98 Å². The van der Waals surface area contributed by atoms with Crippen molar-refractivity contribution in [1.29, 1.82) is 0 Å². The minimum atomic E-state index is 0.189. The Morgan fingerprint density at radius 1 is 1.07 bits per heavy atom. The normalized spacial score (nSPS) is 19.5. The monoisotopic (exact) mass is 413 g/mol. The van der Waals surface area contributed by atoms with E-state index in [1.165, 1.54) is 12.8 Å². The topological polar surface area (TPSA) is 61.8 Å². The maximum Gasteiger partial charge on any atom is 0.228 e. The predicted molar refractivity (Wildman–Crippen MR) is 114 cm³/mol. The summed E-state index contributed by atoms with van der Waals surface area (Å²) in [4.78, 5) is 30.6. The third-order valence-corrected chi connectivity index (χ3v) is 6.86. The molecule has 8 heteroatoms. The van der Waals surface area contributed by atoms with E-state index < -0.39 is 0 Å². The molecule has 154 valence electrons. The third kappa shape index (κ3) is 3.96. The molecular weight excluding hydrogens is 386 g/mol. The van der Waals surface area contributed by atoms with Crippen LogP contribution in [0.4, 0.5) is 11.8 Å². The van der Waals surface area contributed by atoms with Crippen molar-refractivity contribution >= 4 is 29.0 Å². The predicted octanol–water partition coefficient (Wildman–Crippen LogP) is 2.10. The molecule has 2 aromatic heterocycles. The smallest absolute Gasteiger partial charge is 0.228 e. The Morgan fingerprint density at radius 3 is 2.66 bits per heavy atom. The molecule has 5 rings (SSSR count). The number of fused-ring (bicyclic) bond motifs is 1. The number of morpholine rings is 1. The molecule has 0 unspecified atom stereocenters. The summed E-state index contributed by atoms with van der Waals surface area (Å²) in [6.07, 6.45) is 3.69. The second-order valence-corrected chi connectivity index (χ2v) is 8.92. The number of ether oxygens (including phenoxy) is 1. The molecule has 1 amide bonds. The summed E-state index contributed by atoms with van der Waals surface area (Å²) < 4.78 is 5.55. The first kappa shape index (κ1) is 18.8. The number of carbonyl (C=O) groups is 1. The van der Waals surface area contributed by atoms with Crippen LogP contribution >= 0.6 is 11.3 Å². The zero-order valence-corrected chi connectivity index (χ0v) is 17.5. The number of anilines is 2. The number of aromatic nitrogens is 2. The maximum atomic E-state index is 12.9. The van der Waals surface area contributed by atoms with Crippen LogP contribution in [0.1, 0.15) is 29.0 Å². The first-order valence-electron chi connectivity index (χ1n) is 10.6. The highest BCUT2D eigenvalue weighted by Gasteiger charge is 2.29. The van der Waals surface area contributed by atoms with Crippen LogP contribution in [-0.2, 0) is 28.9 Å². The average Bonchev–Trinajstić information content (AvgIpc) is 3.47. The fourth-order valence-electron chi connectivity index (χ4n) is 4.37. The van der Waals surface area contributed by atoms with Crippen molar-refractivity contribution < 1.29 is 9.53 Å². The first-order valence-corrected chi connectivity index (χ1v) is 11.4. The largest absolute Gasteiger partial charge is 0.378 e. The fourth-order valence-corrected chi connectivity index (χ4v) is 5.06. The summed E-state index contributed by atoms with van der Waals surface area (Å²) in [6, 6.07) is 4.04. The van der Waals surface area contributed by atoms with Gasteiger partial charge in [-0.3, -0.25) is 4.79 Å². The Bertz CT molecular complexity index is 860. The second-order valence-electron chi connectivity index (χ2n) is 7.89. The Hall–Kier alpha value is -2.19. The van der Waals surface area contributed by atoms with Gasteiger partial charge in [-0.2, -0.15) is 4.98 Å². The van der Waals surface area contributed by atoms with Gasteiger partial charge in [0.25, 0.3) is 0 Å². The minimum Gasteiger partial charge on any atom is -0.378 e. The first-order chi connectivity index (χ1) is 14.3. The number of nitrogens with zero attached hydrogens (tertiary/aromatic N) is 5. The summed E-state index contributed by atoms with van der Waals surface area (Å²) in [5.74, 6) is 2.06. The molecule has 29 heavy (non-hydrogen) atoms. The molecular formula is C21H27N5O2S. The van der Waals surface area contributed by atoms with Crippen molar-refractivity contribution in [3.63, 3.8) is 0 Å². The lowest BCUT2D eigenvalue weighted by molar-refractivity contribution is -0.131. The van der Waals surface area contributed by atoms with Crippen LogP contribution in [0.5, 0.6) is 0 Å². The third-order valence-electron chi connectivity index (χ3n) is 5.98. The zero-order valence-electron chi connectivity index (χ0n) is 16.7. The van der Waals surface area contributed by atoms with Gasteiger partial charge < -0.3 is 19.4 Å². The molecule has 2 fully saturated rings. The van der Waals surface area contributed by atoms with E-state index in [0.717, 1.165) is 80.3 Å². The van der Waals surface area contributed by atoms with Crippen LogP contribution in [0.2, 0.25) is 0 Å². The highest BCUT2D eigenvalue weighted by Crippen LogP contribution is 2.31. The quantitative estimate of drug-likeness (QED) is 0.765. The zero-order chi connectivity index (χ0) is 19.6. The molecule has 0 radical (unpaired) electrons. The number of hydrogen-bond donors (Lipinski definition) is 0. The molecule has 2 saturated heterocycles. The van der Waals surface area contributed by atoms with Gasteiger partial charge >= 0.3 is 0 Å². The lowest BCUT2D eigenvalue weighted by Crippen LogP contribution is -2.42. The van der Waals surface area contributed by atoms with Crippen LogP contribution in [0.25, 0.3) is 0 Å². The molecule has 0 bridgehead atoms. The number of hydrogen-bond acceptors (Lipinski definition) is 7. The molecule has 7 nitrogen and oxygen atoms in total. The van der Waals surface area contributed by atoms with Crippen molar-refractivity contribution in [3.05, 3.63) is 33.6 Å². The summed E-state index contributed by atoms with van der Waals surface area (Å²) in [5, 5.41) is 2.03. The van der Waals surface area contributed by atoms with E-state index >= 15 is 0 Å². The van der Waals surface area contributed by atoms with Gasteiger partial charge in [0.2, 0.25) is 11.9 Å². The standard InChI is InChI=1S/C21H27N5O2S/c27-19(14-16-4-3-13-29-16)26-8-5-18-17(15-26)20(24-9-11-28-12-10-24)23-21(22-18)25-6-1-2-7-25/h3-4,13H,1-2,5-12,14-15H2. The lowest BCUT2D eigenvalue weighted by atomic mass is 10.0. The molecule has 0 spiro atoms. The van der Waals surface area contributed by atoms with Crippen molar-refractivity contribution in [2.24, 2.45) is 0 Å². The molecule has 0 aromatic carbocycles. The molecule has 3 aliphatic rings. The summed E-state index contributed by atoms with van der Waals surface area (Å²) in [5.41, 5.74) is 2.24. The van der Waals surface area contributed by atoms with Crippen LogP contribution < -0.4 is 9.80 Å². The SMILES string of the molecule is O=C(Cc1cccs1)N1CCc2nc(N3CCCC3)nc(N3CCOCC3)c2C1. The lowest BCUT2D eigenvalue weighted by Gasteiger charge is -2.35. The van der Waals surface area contributed by atoms with Crippen molar-refractivity contribution in [2.75, 3.05) is 55.7 Å². The van der Waals surface area contributed by atoms with Gasteiger partial charge in [0, 0.05) is 49.6 Å². The molecule has 3 aliphatic heterocycles. The van der Waals surface area contributed by atoms with Crippen LogP contribution in [0, 0.1) is 0 Å². The number of carbonyl (C=O) groups excluding carboxylic acids is 1. The van der Waals surface area contributed by atoms with E-state index in [1.54, 1.807) is 11.3 Å². The highest BCUT2D eigenvalue weighted by molar-refractivity contribution is 7.10. The van der Waals surface area contributed by atoms with Gasteiger partial charge in [0.1, 0.15) is 5.82 Å². The molecule has 0 N–H and O–H groups in total. The minimum absolute atomic E-state index is 0.189. The van der Waals surface area contributed by atoms with E-state index in [1.807, 2.05) is 22.4 Å². The van der Waals surface area contributed by atoms with E-state index in [4.69, 9.17) is 14.7 Å². The molecule has 0 atom stereocenters. The summed E-state index contributed by atoms with van der Waals surface area (Å²) >= 11 is 1.64. The van der Waals surface area contributed by atoms with E-state index in [-0.39, 0.29) is 5.91 Å². The second kappa shape index (κ2) is 8.28. The van der Waals surface area contributed by atoms with Gasteiger partial charge in [0.15, 0.2) is 0 Å². The summed E-state index contributed by atoms with van der Waals surface area (Å²) in [6.45, 7) is 6.53. The Morgan fingerprint density at radius 2 is 1.90 bits per heavy atom. The van der Waals surface area contributed by atoms with Gasteiger partial charge in [0.05, 0.1) is 31.9 Å². The van der Waals surface area contributed by atoms with Gasteiger partial charge in [-0.05, 0) is 24.3 Å². The van der Waals surface area contributed by atoms with Gasteiger partial charge in [-0.15, -0.1) is 11.3 Å². The van der Waals surface area contributed by atoms with Crippen molar-refractivity contribution in [2.45, 2.75) is 32.2 Å². The number of amides is 1. The Kier molecular flexibility index (Phi) is 5.37. The van der Waals surface area contributed by atoms with E-state index in [0.29, 0.717) is 13.0 Å².